The maximum atomic E-state index is 11.7. The van der Waals surface area contributed by atoms with Crippen molar-refractivity contribution >= 4 is 5.97 Å². The summed E-state index contributed by atoms with van der Waals surface area (Å²) in [6.45, 7) is 1.97. The van der Waals surface area contributed by atoms with E-state index in [0.29, 0.717) is 36.2 Å². The summed E-state index contributed by atoms with van der Waals surface area (Å²) in [6.07, 6.45) is 0.975. The lowest BCUT2D eigenvalue weighted by molar-refractivity contribution is 0.0594. The van der Waals surface area contributed by atoms with E-state index >= 15 is 0 Å². The first kappa shape index (κ1) is 13.7. The van der Waals surface area contributed by atoms with Crippen LogP contribution in [-0.2, 0) is 9.47 Å². The van der Waals surface area contributed by atoms with Crippen molar-refractivity contribution in [1.29, 1.82) is 0 Å². The minimum atomic E-state index is -0.434. The zero-order valence-corrected chi connectivity index (χ0v) is 11.2. The molecule has 1 aliphatic rings. The van der Waals surface area contributed by atoms with Crippen molar-refractivity contribution in [3.05, 3.63) is 23.8 Å². The summed E-state index contributed by atoms with van der Waals surface area (Å²) < 4.78 is 21.0. The number of hydrogen-bond donors (Lipinski definition) is 0. The Morgan fingerprint density at radius 3 is 2.89 bits per heavy atom. The van der Waals surface area contributed by atoms with Gasteiger partial charge in [0.05, 0.1) is 27.4 Å². The normalized spacial score (nSPS) is 18.1. The van der Waals surface area contributed by atoms with Crippen molar-refractivity contribution in [2.75, 3.05) is 34.0 Å². The molecular weight excluding hydrogens is 248 g/mol. The topological polar surface area (TPSA) is 54.0 Å². The first-order valence-corrected chi connectivity index (χ1v) is 6.22. The van der Waals surface area contributed by atoms with Crippen molar-refractivity contribution < 1.29 is 23.7 Å². The van der Waals surface area contributed by atoms with Crippen LogP contribution in [0.3, 0.4) is 0 Å². The van der Waals surface area contributed by atoms with Gasteiger partial charge in [-0.3, -0.25) is 0 Å². The maximum absolute atomic E-state index is 11.7. The number of para-hydroxylation sites is 1. The van der Waals surface area contributed by atoms with Gasteiger partial charge in [-0.1, -0.05) is 6.07 Å². The molecule has 1 fully saturated rings. The van der Waals surface area contributed by atoms with Crippen molar-refractivity contribution in [3.63, 3.8) is 0 Å². The summed E-state index contributed by atoms with van der Waals surface area (Å²) in [7, 11) is 2.89. The van der Waals surface area contributed by atoms with E-state index in [2.05, 4.69) is 0 Å². The molecule has 0 aromatic heterocycles. The monoisotopic (exact) mass is 266 g/mol. The Morgan fingerprint density at radius 2 is 2.26 bits per heavy atom. The van der Waals surface area contributed by atoms with Gasteiger partial charge in [0, 0.05) is 12.5 Å². The van der Waals surface area contributed by atoms with Gasteiger partial charge in [-0.05, 0) is 18.6 Å². The second-order valence-electron chi connectivity index (χ2n) is 4.37. The lowest BCUT2D eigenvalue weighted by Gasteiger charge is -2.15. The van der Waals surface area contributed by atoms with E-state index < -0.39 is 5.97 Å². The highest BCUT2D eigenvalue weighted by atomic mass is 16.5. The molecule has 0 aliphatic carbocycles. The predicted molar refractivity (Wildman–Crippen MR) is 68.8 cm³/mol. The molecule has 2 rings (SSSR count). The molecule has 104 valence electrons. The van der Waals surface area contributed by atoms with Gasteiger partial charge < -0.3 is 18.9 Å². The summed E-state index contributed by atoms with van der Waals surface area (Å²) in [5.41, 5.74) is 0.376. The van der Waals surface area contributed by atoms with Gasteiger partial charge in [0.15, 0.2) is 11.5 Å². The minimum Gasteiger partial charge on any atom is -0.493 e. The van der Waals surface area contributed by atoms with Crippen molar-refractivity contribution in [2.45, 2.75) is 6.42 Å². The standard InChI is InChI=1S/C14H18O5/c1-16-12-5-3-4-11(14(15)17-2)13(12)19-9-10-6-7-18-8-10/h3-5,10H,6-9H2,1-2H3. The van der Waals surface area contributed by atoms with Gasteiger partial charge in [0.2, 0.25) is 0 Å². The van der Waals surface area contributed by atoms with Crippen LogP contribution in [0.4, 0.5) is 0 Å². The van der Waals surface area contributed by atoms with Crippen LogP contribution in [0.2, 0.25) is 0 Å². The molecule has 0 bridgehead atoms. The van der Waals surface area contributed by atoms with Gasteiger partial charge >= 0.3 is 5.97 Å². The summed E-state index contributed by atoms with van der Waals surface area (Å²) in [6, 6.07) is 5.15. The van der Waals surface area contributed by atoms with Crippen LogP contribution < -0.4 is 9.47 Å². The quantitative estimate of drug-likeness (QED) is 0.762. The molecule has 0 spiro atoms. The van der Waals surface area contributed by atoms with E-state index in [1.54, 1.807) is 25.3 Å². The molecule has 1 aromatic rings. The molecule has 1 saturated heterocycles. The predicted octanol–water partition coefficient (Wildman–Crippen LogP) is 1.90. The minimum absolute atomic E-state index is 0.357. The fourth-order valence-electron chi connectivity index (χ4n) is 2.01. The molecule has 5 heteroatoms. The van der Waals surface area contributed by atoms with Gasteiger partial charge in [-0.15, -0.1) is 0 Å². The summed E-state index contributed by atoms with van der Waals surface area (Å²) in [5, 5.41) is 0. The van der Waals surface area contributed by atoms with Crippen LogP contribution in [0.25, 0.3) is 0 Å². The number of hydrogen-bond acceptors (Lipinski definition) is 5. The van der Waals surface area contributed by atoms with Crippen LogP contribution in [0, 0.1) is 5.92 Å². The van der Waals surface area contributed by atoms with E-state index in [4.69, 9.17) is 18.9 Å². The SMILES string of the molecule is COC(=O)c1cccc(OC)c1OCC1CCOC1. The summed E-state index contributed by atoms with van der Waals surface area (Å²) in [5.74, 6) is 0.887. The number of rotatable bonds is 5. The Labute approximate surface area is 112 Å². The van der Waals surface area contributed by atoms with Crippen LogP contribution in [0.15, 0.2) is 18.2 Å². The Bertz CT molecular complexity index is 437. The molecule has 0 saturated carbocycles. The Hall–Kier alpha value is -1.75. The number of methoxy groups -OCH3 is 2. The van der Waals surface area contributed by atoms with Crippen LogP contribution in [-0.4, -0.2) is 40.0 Å². The zero-order chi connectivity index (χ0) is 13.7. The number of esters is 1. The molecular formula is C14H18O5. The zero-order valence-electron chi connectivity index (χ0n) is 11.2. The third kappa shape index (κ3) is 3.17. The maximum Gasteiger partial charge on any atom is 0.341 e. The number of carbonyl (C=O) groups excluding carboxylic acids is 1. The molecule has 1 atom stereocenters. The van der Waals surface area contributed by atoms with E-state index in [-0.39, 0.29) is 0 Å². The molecule has 1 aliphatic heterocycles. The van der Waals surface area contributed by atoms with E-state index in [9.17, 15) is 4.79 Å². The average molecular weight is 266 g/mol. The highest BCUT2D eigenvalue weighted by Crippen LogP contribution is 2.32. The smallest absolute Gasteiger partial charge is 0.341 e. The molecule has 1 heterocycles. The lowest BCUT2D eigenvalue weighted by Crippen LogP contribution is -2.14. The molecule has 0 N–H and O–H groups in total. The van der Waals surface area contributed by atoms with Crippen LogP contribution in [0.1, 0.15) is 16.8 Å². The highest BCUT2D eigenvalue weighted by Gasteiger charge is 2.21. The van der Waals surface area contributed by atoms with Gasteiger partial charge in [0.1, 0.15) is 5.56 Å². The van der Waals surface area contributed by atoms with E-state index in [1.165, 1.54) is 7.11 Å². The summed E-state index contributed by atoms with van der Waals surface area (Å²) in [4.78, 5) is 11.7. The number of benzene rings is 1. The van der Waals surface area contributed by atoms with E-state index in [1.807, 2.05) is 0 Å². The second kappa shape index (κ2) is 6.43. The Balaban J connectivity index is 2.17. The third-order valence-electron chi connectivity index (χ3n) is 3.09. The first-order chi connectivity index (χ1) is 9.26. The van der Waals surface area contributed by atoms with Crippen molar-refractivity contribution in [2.24, 2.45) is 5.92 Å². The molecule has 5 nitrogen and oxygen atoms in total. The van der Waals surface area contributed by atoms with E-state index in [0.717, 1.165) is 13.0 Å². The highest BCUT2D eigenvalue weighted by molar-refractivity contribution is 5.93. The lowest BCUT2D eigenvalue weighted by atomic mass is 10.1. The Kier molecular flexibility index (Phi) is 4.63. The van der Waals surface area contributed by atoms with Gasteiger partial charge in [0.25, 0.3) is 0 Å². The summed E-state index contributed by atoms with van der Waals surface area (Å²) >= 11 is 0. The van der Waals surface area contributed by atoms with Gasteiger partial charge in [-0.25, -0.2) is 4.79 Å². The van der Waals surface area contributed by atoms with Gasteiger partial charge in [-0.2, -0.15) is 0 Å². The number of carbonyl (C=O) groups is 1. The molecule has 0 radical (unpaired) electrons. The molecule has 0 amide bonds. The molecule has 1 unspecified atom stereocenters. The molecule has 1 aromatic carbocycles. The van der Waals surface area contributed by atoms with Crippen LogP contribution >= 0.6 is 0 Å². The Morgan fingerprint density at radius 1 is 1.42 bits per heavy atom. The van der Waals surface area contributed by atoms with Crippen LogP contribution in [0.5, 0.6) is 11.5 Å². The second-order valence-corrected chi connectivity index (χ2v) is 4.37. The average Bonchev–Trinajstić information content (AvgIpc) is 2.97. The fourth-order valence-corrected chi connectivity index (χ4v) is 2.01. The fraction of sp³-hybridized carbons (Fsp3) is 0.500. The van der Waals surface area contributed by atoms with Crippen molar-refractivity contribution in [1.82, 2.24) is 0 Å². The largest absolute Gasteiger partial charge is 0.493 e. The first-order valence-electron chi connectivity index (χ1n) is 6.22. The number of ether oxygens (including phenoxy) is 4. The van der Waals surface area contributed by atoms with Crippen molar-refractivity contribution in [3.8, 4) is 11.5 Å². The third-order valence-corrected chi connectivity index (χ3v) is 3.09. The molecule has 19 heavy (non-hydrogen) atoms.